The molecule has 3 amide bonds. The number of aryl methyl sites for hydroxylation is 1. The summed E-state index contributed by atoms with van der Waals surface area (Å²) in [5.41, 5.74) is 3.46. The Bertz CT molecular complexity index is 1120. The number of carbonyl (C=O) groups excluding carboxylic acids is 3. The van der Waals surface area contributed by atoms with Gasteiger partial charge in [-0.2, -0.15) is 0 Å². The Morgan fingerprint density at radius 2 is 1.93 bits per heavy atom. The van der Waals surface area contributed by atoms with Gasteiger partial charge in [0.2, 0.25) is 5.91 Å². The minimum Gasteiger partial charge on any atom is -0.351 e. The Balaban J connectivity index is 1.30. The molecule has 0 saturated carbocycles. The molecule has 30 heavy (non-hydrogen) atoms. The standard InChI is InChI=1S/C23H24N4O3/c1-26-13-10-17-14-16(7-8-20(17)26)9-11-24-22(29)23(30)25-18-4-2-5-19(15-18)27-12-3-6-21(27)28/h2,4-5,7-8,10,13-15H,3,6,9,11-12H2,1H3,(H,24,29)(H,25,30). The summed E-state index contributed by atoms with van der Waals surface area (Å²) in [6.45, 7) is 1.04. The number of anilines is 2. The van der Waals surface area contributed by atoms with Gasteiger partial charge in [-0.1, -0.05) is 12.1 Å². The van der Waals surface area contributed by atoms with Crippen molar-refractivity contribution in [1.82, 2.24) is 9.88 Å². The first-order valence-electron chi connectivity index (χ1n) is 10.0. The first kappa shape index (κ1) is 19.7. The van der Waals surface area contributed by atoms with Crippen molar-refractivity contribution in [3.05, 3.63) is 60.3 Å². The van der Waals surface area contributed by atoms with Gasteiger partial charge in [0.25, 0.3) is 0 Å². The highest BCUT2D eigenvalue weighted by molar-refractivity contribution is 6.39. The summed E-state index contributed by atoms with van der Waals surface area (Å²) in [4.78, 5) is 38.0. The molecule has 2 heterocycles. The number of carbonyl (C=O) groups is 3. The molecule has 2 N–H and O–H groups in total. The van der Waals surface area contributed by atoms with E-state index in [0.29, 0.717) is 31.6 Å². The van der Waals surface area contributed by atoms with Crippen molar-refractivity contribution in [3.63, 3.8) is 0 Å². The van der Waals surface area contributed by atoms with Crippen molar-refractivity contribution in [1.29, 1.82) is 0 Å². The molecule has 0 aliphatic carbocycles. The van der Waals surface area contributed by atoms with E-state index in [-0.39, 0.29) is 5.91 Å². The van der Waals surface area contributed by atoms with Crippen LogP contribution in [-0.4, -0.2) is 35.4 Å². The van der Waals surface area contributed by atoms with Crippen molar-refractivity contribution in [2.75, 3.05) is 23.3 Å². The highest BCUT2D eigenvalue weighted by atomic mass is 16.2. The summed E-state index contributed by atoms with van der Waals surface area (Å²) in [7, 11) is 2.00. The van der Waals surface area contributed by atoms with Gasteiger partial charge < -0.3 is 20.1 Å². The molecule has 4 rings (SSSR count). The van der Waals surface area contributed by atoms with E-state index in [1.165, 1.54) is 0 Å². The zero-order chi connectivity index (χ0) is 21.1. The van der Waals surface area contributed by atoms with Crippen LogP contribution >= 0.6 is 0 Å². The van der Waals surface area contributed by atoms with E-state index < -0.39 is 11.8 Å². The molecule has 3 aromatic rings. The maximum atomic E-state index is 12.2. The Kier molecular flexibility index (Phi) is 5.52. The van der Waals surface area contributed by atoms with Gasteiger partial charge in [0.15, 0.2) is 0 Å². The fourth-order valence-corrected chi connectivity index (χ4v) is 3.75. The molecule has 1 aromatic heterocycles. The molecule has 0 unspecified atom stereocenters. The lowest BCUT2D eigenvalue weighted by Crippen LogP contribution is -2.36. The van der Waals surface area contributed by atoms with Gasteiger partial charge >= 0.3 is 11.8 Å². The number of aromatic nitrogens is 1. The van der Waals surface area contributed by atoms with Gasteiger partial charge in [0.1, 0.15) is 0 Å². The van der Waals surface area contributed by atoms with Crippen LogP contribution in [-0.2, 0) is 27.9 Å². The van der Waals surface area contributed by atoms with Crippen LogP contribution in [0.15, 0.2) is 54.7 Å². The average Bonchev–Trinajstić information content (AvgIpc) is 3.33. The number of amides is 3. The van der Waals surface area contributed by atoms with Crippen LogP contribution < -0.4 is 15.5 Å². The SMILES string of the molecule is Cn1ccc2cc(CCNC(=O)C(=O)Nc3cccc(N4CCCC4=O)c3)ccc21. The second-order valence-corrected chi connectivity index (χ2v) is 7.48. The van der Waals surface area contributed by atoms with Crippen LogP contribution in [0.1, 0.15) is 18.4 Å². The predicted octanol–water partition coefficient (Wildman–Crippen LogP) is 2.60. The summed E-state index contributed by atoms with van der Waals surface area (Å²) < 4.78 is 2.06. The molecule has 1 aliphatic heterocycles. The highest BCUT2D eigenvalue weighted by Crippen LogP contribution is 2.24. The highest BCUT2D eigenvalue weighted by Gasteiger charge is 2.22. The molecule has 154 valence electrons. The first-order chi connectivity index (χ1) is 14.5. The van der Waals surface area contributed by atoms with Gasteiger partial charge in [-0.25, -0.2) is 0 Å². The minimum absolute atomic E-state index is 0.0740. The van der Waals surface area contributed by atoms with Gasteiger partial charge in [-0.05, 0) is 60.2 Å². The lowest BCUT2D eigenvalue weighted by atomic mass is 10.1. The van der Waals surface area contributed by atoms with Gasteiger partial charge in [0.05, 0.1) is 0 Å². The first-order valence-corrected chi connectivity index (χ1v) is 10.0. The molecule has 2 aromatic carbocycles. The Morgan fingerprint density at radius 3 is 2.73 bits per heavy atom. The monoisotopic (exact) mass is 404 g/mol. The van der Waals surface area contributed by atoms with Crippen LogP contribution in [0.25, 0.3) is 10.9 Å². The molecule has 1 aliphatic rings. The van der Waals surface area contributed by atoms with E-state index >= 15 is 0 Å². The van der Waals surface area contributed by atoms with Crippen LogP contribution in [0.3, 0.4) is 0 Å². The summed E-state index contributed by atoms with van der Waals surface area (Å²) in [5.74, 6) is -1.33. The Labute approximate surface area is 174 Å². The maximum absolute atomic E-state index is 12.2. The topological polar surface area (TPSA) is 83.4 Å². The third-order valence-corrected chi connectivity index (χ3v) is 5.34. The average molecular weight is 404 g/mol. The van der Waals surface area contributed by atoms with Crippen molar-refractivity contribution in [2.45, 2.75) is 19.3 Å². The van der Waals surface area contributed by atoms with E-state index in [0.717, 1.165) is 28.6 Å². The summed E-state index contributed by atoms with van der Waals surface area (Å²) in [5, 5.41) is 6.41. The van der Waals surface area contributed by atoms with E-state index in [9.17, 15) is 14.4 Å². The van der Waals surface area contributed by atoms with E-state index in [4.69, 9.17) is 0 Å². The number of nitrogens with zero attached hydrogens (tertiary/aromatic N) is 2. The van der Waals surface area contributed by atoms with Gasteiger partial charge in [-0.15, -0.1) is 0 Å². The summed E-state index contributed by atoms with van der Waals surface area (Å²) in [6, 6.07) is 15.2. The number of fused-ring (bicyclic) bond motifs is 1. The zero-order valence-corrected chi connectivity index (χ0v) is 16.9. The minimum atomic E-state index is -0.724. The molecule has 0 bridgehead atoms. The van der Waals surface area contributed by atoms with Crippen LogP contribution in [0.2, 0.25) is 0 Å². The van der Waals surface area contributed by atoms with Crippen molar-refractivity contribution < 1.29 is 14.4 Å². The third kappa shape index (κ3) is 4.20. The molecule has 0 radical (unpaired) electrons. The van der Waals surface area contributed by atoms with E-state index in [1.807, 2.05) is 25.4 Å². The second kappa shape index (κ2) is 8.41. The fraction of sp³-hybridized carbons (Fsp3) is 0.261. The molecular weight excluding hydrogens is 380 g/mol. The lowest BCUT2D eigenvalue weighted by Gasteiger charge is -2.16. The zero-order valence-electron chi connectivity index (χ0n) is 16.9. The third-order valence-electron chi connectivity index (χ3n) is 5.34. The fourth-order valence-electron chi connectivity index (χ4n) is 3.75. The molecule has 0 atom stereocenters. The molecule has 1 fully saturated rings. The molecule has 7 heteroatoms. The number of rotatable bonds is 5. The van der Waals surface area contributed by atoms with Crippen molar-refractivity contribution >= 4 is 40.0 Å². The van der Waals surface area contributed by atoms with Gasteiger partial charge in [0, 0.05) is 49.6 Å². The Hall–Kier alpha value is -3.61. The number of benzene rings is 2. The van der Waals surface area contributed by atoms with Crippen LogP contribution in [0.5, 0.6) is 0 Å². The number of hydrogen-bond donors (Lipinski definition) is 2. The molecule has 7 nitrogen and oxygen atoms in total. The largest absolute Gasteiger partial charge is 0.351 e. The quantitative estimate of drug-likeness (QED) is 0.641. The van der Waals surface area contributed by atoms with Crippen molar-refractivity contribution in [3.8, 4) is 0 Å². The Morgan fingerprint density at radius 1 is 1.07 bits per heavy atom. The number of hydrogen-bond acceptors (Lipinski definition) is 3. The van der Waals surface area contributed by atoms with E-state index in [1.54, 1.807) is 23.1 Å². The van der Waals surface area contributed by atoms with Crippen LogP contribution in [0, 0.1) is 0 Å². The van der Waals surface area contributed by atoms with E-state index in [2.05, 4.69) is 33.4 Å². The second-order valence-electron chi connectivity index (χ2n) is 7.48. The lowest BCUT2D eigenvalue weighted by molar-refractivity contribution is -0.136. The smallest absolute Gasteiger partial charge is 0.313 e. The normalized spacial score (nSPS) is 13.6. The predicted molar refractivity (Wildman–Crippen MR) is 116 cm³/mol. The maximum Gasteiger partial charge on any atom is 0.313 e. The van der Waals surface area contributed by atoms with Gasteiger partial charge in [-0.3, -0.25) is 14.4 Å². The molecular formula is C23H24N4O3. The van der Waals surface area contributed by atoms with Crippen molar-refractivity contribution in [2.24, 2.45) is 7.05 Å². The summed E-state index contributed by atoms with van der Waals surface area (Å²) in [6.07, 6.45) is 4.01. The summed E-state index contributed by atoms with van der Waals surface area (Å²) >= 11 is 0. The van der Waals surface area contributed by atoms with Crippen LogP contribution in [0.4, 0.5) is 11.4 Å². The molecule has 1 saturated heterocycles. The number of nitrogens with one attached hydrogen (secondary N) is 2. The molecule has 0 spiro atoms.